The molecule has 116 valence electrons. The first kappa shape index (κ1) is 18.0. The minimum absolute atomic E-state index is 0.258. The highest BCUT2D eigenvalue weighted by Gasteiger charge is 2.19. The zero-order valence-corrected chi connectivity index (χ0v) is 15.1. The Bertz CT molecular complexity index is 546. The van der Waals surface area contributed by atoms with Gasteiger partial charge in [-0.1, -0.05) is 17.7 Å². The van der Waals surface area contributed by atoms with Gasteiger partial charge in [-0.15, -0.1) is 0 Å². The van der Waals surface area contributed by atoms with Gasteiger partial charge in [-0.05, 0) is 45.2 Å². The van der Waals surface area contributed by atoms with Crippen LogP contribution in [0.25, 0.3) is 0 Å². The Labute approximate surface area is 128 Å². The SMILES string of the molecule is CCO[Si](=O)CCC[PH](=O)C(=O)c1c(C)cc(C)cc1C. The molecular weight excluding hydrogens is 303 g/mol. The molecule has 1 rings (SSSR count). The number of rotatable bonds is 8. The second kappa shape index (κ2) is 8.40. The average Bonchev–Trinajstić information content (AvgIpc) is 2.37. The number of hydrogen-bond donors (Lipinski definition) is 0. The maximum absolute atomic E-state index is 12.3. The van der Waals surface area contributed by atoms with E-state index in [1.165, 1.54) is 0 Å². The zero-order chi connectivity index (χ0) is 16.0. The van der Waals surface area contributed by atoms with E-state index in [1.807, 2.05) is 32.9 Å². The summed E-state index contributed by atoms with van der Waals surface area (Å²) >= 11 is 0. The summed E-state index contributed by atoms with van der Waals surface area (Å²) in [6, 6.07) is 4.26. The molecule has 0 saturated carbocycles. The molecule has 0 aliphatic carbocycles. The molecule has 0 aliphatic heterocycles. The van der Waals surface area contributed by atoms with Crippen molar-refractivity contribution in [3.8, 4) is 0 Å². The summed E-state index contributed by atoms with van der Waals surface area (Å²) in [6.45, 7) is 7.93. The van der Waals surface area contributed by atoms with Crippen LogP contribution >= 0.6 is 7.80 Å². The van der Waals surface area contributed by atoms with Gasteiger partial charge >= 0.3 is 8.93 Å². The first-order chi connectivity index (χ1) is 9.86. The standard InChI is InChI=1S/C15H23O4PSi/c1-5-19-21(18)8-6-7-20(17)15(16)14-12(3)9-11(2)10-13(14)4/h9-10,20H,5-8H2,1-4H3. The van der Waals surface area contributed by atoms with Gasteiger partial charge in [-0.2, -0.15) is 0 Å². The van der Waals surface area contributed by atoms with E-state index >= 15 is 0 Å². The molecule has 1 atom stereocenters. The van der Waals surface area contributed by atoms with Crippen LogP contribution in [0, 0.1) is 20.8 Å². The Morgan fingerprint density at radius 1 is 1.24 bits per heavy atom. The van der Waals surface area contributed by atoms with E-state index in [0.717, 1.165) is 16.7 Å². The largest absolute Gasteiger partial charge is 0.524 e. The van der Waals surface area contributed by atoms with Crippen molar-refractivity contribution in [1.29, 1.82) is 0 Å². The first-order valence-electron chi connectivity index (χ1n) is 7.17. The maximum Gasteiger partial charge on any atom is 0.502 e. The molecule has 0 N–H and O–H groups in total. The number of hydrogen-bond acceptors (Lipinski definition) is 4. The van der Waals surface area contributed by atoms with Crippen molar-refractivity contribution in [1.82, 2.24) is 0 Å². The molecule has 1 aromatic carbocycles. The molecule has 4 nitrogen and oxygen atoms in total. The lowest BCUT2D eigenvalue weighted by Gasteiger charge is -2.10. The summed E-state index contributed by atoms with van der Waals surface area (Å²) in [6.07, 6.45) is 0.811. The van der Waals surface area contributed by atoms with Gasteiger partial charge < -0.3 is 13.5 Å². The maximum atomic E-state index is 12.3. The van der Waals surface area contributed by atoms with Crippen LogP contribution in [0.5, 0.6) is 0 Å². The van der Waals surface area contributed by atoms with Crippen LogP contribution < -0.4 is 0 Å². The van der Waals surface area contributed by atoms with Crippen molar-refractivity contribution >= 4 is 22.3 Å². The van der Waals surface area contributed by atoms with E-state index in [0.29, 0.717) is 30.8 Å². The highest BCUT2D eigenvalue weighted by Crippen LogP contribution is 2.31. The molecule has 1 aromatic rings. The van der Waals surface area contributed by atoms with Crippen LogP contribution in [-0.2, 0) is 13.5 Å². The third-order valence-electron chi connectivity index (χ3n) is 3.25. The average molecular weight is 326 g/mol. The molecule has 0 heterocycles. The second-order valence-electron chi connectivity index (χ2n) is 5.18. The predicted octanol–water partition coefficient (Wildman–Crippen LogP) is 3.66. The monoisotopic (exact) mass is 326 g/mol. The molecule has 0 amide bonds. The van der Waals surface area contributed by atoms with Crippen molar-refractivity contribution in [3.63, 3.8) is 0 Å². The van der Waals surface area contributed by atoms with Gasteiger partial charge in [0.25, 0.3) is 0 Å². The van der Waals surface area contributed by atoms with Crippen LogP contribution in [0.15, 0.2) is 12.1 Å². The van der Waals surface area contributed by atoms with E-state index in [-0.39, 0.29) is 5.52 Å². The summed E-state index contributed by atoms with van der Waals surface area (Å²) in [7, 11) is -4.38. The van der Waals surface area contributed by atoms with Crippen molar-refractivity contribution in [3.05, 3.63) is 34.4 Å². The van der Waals surface area contributed by atoms with Gasteiger partial charge in [-0.25, -0.2) is 0 Å². The topological polar surface area (TPSA) is 60.4 Å². The minimum Gasteiger partial charge on any atom is -0.524 e. The molecule has 0 fully saturated rings. The smallest absolute Gasteiger partial charge is 0.502 e. The number of benzene rings is 1. The fraction of sp³-hybridized carbons (Fsp3) is 0.533. The molecule has 1 unspecified atom stereocenters. The Balaban J connectivity index is 2.67. The summed E-state index contributed by atoms with van der Waals surface area (Å²) < 4.78 is 28.6. The summed E-state index contributed by atoms with van der Waals surface area (Å²) in [4.78, 5) is 12.3. The van der Waals surface area contributed by atoms with E-state index in [1.54, 1.807) is 6.92 Å². The van der Waals surface area contributed by atoms with Crippen LogP contribution in [0.4, 0.5) is 0 Å². The second-order valence-corrected chi connectivity index (χ2v) is 8.52. The molecule has 0 bridgehead atoms. The lowest BCUT2D eigenvalue weighted by molar-refractivity contribution is 0.107. The summed E-state index contributed by atoms with van der Waals surface area (Å²) in [5.41, 5.74) is 3.17. The van der Waals surface area contributed by atoms with Crippen LogP contribution in [0.2, 0.25) is 6.04 Å². The molecule has 0 aromatic heterocycles. The zero-order valence-electron chi connectivity index (χ0n) is 13.1. The van der Waals surface area contributed by atoms with E-state index in [9.17, 15) is 13.8 Å². The lowest BCUT2D eigenvalue weighted by atomic mass is 10.0. The first-order valence-corrected chi connectivity index (χ1v) is 10.3. The molecule has 0 spiro atoms. The van der Waals surface area contributed by atoms with E-state index < -0.39 is 16.7 Å². The molecule has 6 heteroatoms. The Hall–Kier alpha value is -1.06. The van der Waals surface area contributed by atoms with Crippen LogP contribution in [0.3, 0.4) is 0 Å². The third kappa shape index (κ3) is 5.33. The van der Waals surface area contributed by atoms with Gasteiger partial charge in [0.2, 0.25) is 5.52 Å². The van der Waals surface area contributed by atoms with E-state index in [4.69, 9.17) is 4.43 Å². The van der Waals surface area contributed by atoms with Gasteiger partial charge in [-0.3, -0.25) is 4.79 Å². The van der Waals surface area contributed by atoms with Gasteiger partial charge in [0, 0.05) is 17.8 Å². The Kier molecular flexibility index (Phi) is 7.19. The quantitative estimate of drug-likeness (QED) is 0.540. The number of carbonyl (C=O) groups is 1. The molecule has 21 heavy (non-hydrogen) atoms. The molecule has 0 radical (unpaired) electrons. The van der Waals surface area contributed by atoms with Crippen molar-refractivity contribution in [2.75, 3.05) is 12.8 Å². The Morgan fingerprint density at radius 2 is 1.81 bits per heavy atom. The fourth-order valence-electron chi connectivity index (χ4n) is 2.42. The molecule has 0 aliphatic rings. The fourth-order valence-corrected chi connectivity index (χ4v) is 5.10. The van der Waals surface area contributed by atoms with Gasteiger partial charge in [0.15, 0.2) is 0 Å². The molecular formula is C15H23O4PSi. The predicted molar refractivity (Wildman–Crippen MR) is 86.3 cm³/mol. The minimum atomic E-state index is -2.35. The van der Waals surface area contributed by atoms with E-state index in [2.05, 4.69) is 0 Å². The van der Waals surface area contributed by atoms with Crippen molar-refractivity contribution in [2.45, 2.75) is 40.2 Å². The molecule has 0 saturated heterocycles. The van der Waals surface area contributed by atoms with Gasteiger partial charge in [0.05, 0.1) is 6.61 Å². The highest BCUT2D eigenvalue weighted by molar-refractivity contribution is 7.64. The van der Waals surface area contributed by atoms with Crippen molar-refractivity contribution < 1.29 is 18.2 Å². The summed E-state index contributed by atoms with van der Waals surface area (Å²) in [5.74, 6) is 0. The highest BCUT2D eigenvalue weighted by atomic mass is 31.1. The summed E-state index contributed by atoms with van der Waals surface area (Å²) in [5, 5.41) is 0. The normalized spacial score (nSPS) is 12.0. The van der Waals surface area contributed by atoms with Gasteiger partial charge in [0.1, 0.15) is 7.80 Å². The number of aryl methyl sites for hydroxylation is 3. The number of carbonyl (C=O) groups excluding carboxylic acids is 1. The lowest BCUT2D eigenvalue weighted by Crippen LogP contribution is -2.07. The van der Waals surface area contributed by atoms with Crippen molar-refractivity contribution in [2.24, 2.45) is 0 Å². The van der Waals surface area contributed by atoms with Crippen LogP contribution in [0.1, 0.15) is 40.4 Å². The Morgan fingerprint density at radius 3 is 2.33 bits per heavy atom. The third-order valence-corrected chi connectivity index (χ3v) is 6.18. The van der Waals surface area contributed by atoms with Crippen LogP contribution in [-0.4, -0.2) is 27.2 Å².